The molecule has 1 heterocycles. The summed E-state index contributed by atoms with van der Waals surface area (Å²) < 4.78 is 24.7. The molecule has 0 radical (unpaired) electrons. The molecule has 0 bridgehead atoms. The maximum atomic E-state index is 11.5. The van der Waals surface area contributed by atoms with E-state index < -0.39 is 9.84 Å². The predicted molar refractivity (Wildman–Crippen MR) is 68.7 cm³/mol. The van der Waals surface area contributed by atoms with Gasteiger partial charge < -0.3 is 5.32 Å². The number of sulfone groups is 1. The monoisotopic (exact) mass is 259 g/mol. The van der Waals surface area contributed by atoms with Crippen molar-refractivity contribution in [2.45, 2.75) is 33.4 Å². The molecule has 0 fully saturated rings. The number of aromatic nitrogens is 2. The molecule has 0 unspecified atom stereocenters. The molecule has 0 amide bonds. The van der Waals surface area contributed by atoms with Crippen molar-refractivity contribution in [3.8, 4) is 0 Å². The normalized spacial score (nSPS) is 11.9. The highest BCUT2D eigenvalue weighted by Gasteiger charge is 2.12. The zero-order valence-electron chi connectivity index (χ0n) is 10.7. The van der Waals surface area contributed by atoms with Crippen LogP contribution in [0.5, 0.6) is 0 Å². The summed E-state index contributed by atoms with van der Waals surface area (Å²) in [5.74, 6) is 0.357. The van der Waals surface area contributed by atoms with E-state index in [2.05, 4.69) is 17.3 Å². The third-order valence-electron chi connectivity index (χ3n) is 2.79. The molecule has 6 heteroatoms. The Morgan fingerprint density at radius 3 is 2.65 bits per heavy atom. The van der Waals surface area contributed by atoms with Crippen LogP contribution in [0.15, 0.2) is 6.20 Å². The molecule has 0 saturated carbocycles. The van der Waals surface area contributed by atoms with Gasteiger partial charge in [-0.3, -0.25) is 4.68 Å². The number of nitrogens with one attached hydrogen (secondary N) is 1. The first-order chi connectivity index (χ1) is 8.04. The van der Waals surface area contributed by atoms with Crippen LogP contribution in [0.25, 0.3) is 0 Å². The zero-order chi connectivity index (χ0) is 12.9. The standard InChI is InChI=1S/C11H21N3O2S/c1-4-11-10(8-12-3)9-13-14(11)6-7-17(15,16)5-2/h9,12H,4-8H2,1-3H3. The van der Waals surface area contributed by atoms with E-state index in [1.807, 2.05) is 13.2 Å². The van der Waals surface area contributed by atoms with Crippen LogP contribution in [0, 0.1) is 0 Å². The van der Waals surface area contributed by atoms with Crippen molar-refractivity contribution >= 4 is 9.84 Å². The topological polar surface area (TPSA) is 64.0 Å². The molecule has 0 aliphatic carbocycles. The molecule has 0 aliphatic rings. The van der Waals surface area contributed by atoms with Crippen LogP contribution in [0.4, 0.5) is 0 Å². The number of rotatable bonds is 7. The zero-order valence-corrected chi connectivity index (χ0v) is 11.5. The van der Waals surface area contributed by atoms with Crippen molar-refractivity contribution in [3.63, 3.8) is 0 Å². The van der Waals surface area contributed by atoms with Crippen LogP contribution >= 0.6 is 0 Å². The van der Waals surface area contributed by atoms with Gasteiger partial charge in [-0.15, -0.1) is 0 Å². The second-order valence-corrected chi connectivity index (χ2v) is 6.43. The third kappa shape index (κ3) is 3.81. The third-order valence-corrected chi connectivity index (χ3v) is 4.48. The van der Waals surface area contributed by atoms with Gasteiger partial charge in [0.15, 0.2) is 9.84 Å². The molecule has 0 aromatic carbocycles. The smallest absolute Gasteiger partial charge is 0.151 e. The van der Waals surface area contributed by atoms with Gasteiger partial charge in [-0.25, -0.2) is 8.42 Å². The van der Waals surface area contributed by atoms with Crippen LogP contribution in [0.1, 0.15) is 25.1 Å². The van der Waals surface area contributed by atoms with Crippen LogP contribution < -0.4 is 5.32 Å². The maximum Gasteiger partial charge on any atom is 0.151 e. The largest absolute Gasteiger partial charge is 0.316 e. The van der Waals surface area contributed by atoms with Gasteiger partial charge in [-0.2, -0.15) is 5.10 Å². The van der Waals surface area contributed by atoms with E-state index in [9.17, 15) is 8.42 Å². The Morgan fingerprint density at radius 2 is 2.12 bits per heavy atom. The summed E-state index contributed by atoms with van der Waals surface area (Å²) in [6.07, 6.45) is 2.68. The minimum absolute atomic E-state index is 0.164. The molecular weight excluding hydrogens is 238 g/mol. The summed E-state index contributed by atoms with van der Waals surface area (Å²) in [5.41, 5.74) is 2.26. The number of nitrogens with zero attached hydrogens (tertiary/aromatic N) is 2. The molecule has 5 nitrogen and oxygen atoms in total. The van der Waals surface area contributed by atoms with E-state index in [1.165, 1.54) is 0 Å². The van der Waals surface area contributed by atoms with Crippen LogP contribution in [-0.2, 0) is 29.3 Å². The highest BCUT2D eigenvalue weighted by molar-refractivity contribution is 7.91. The number of hydrogen-bond acceptors (Lipinski definition) is 4. The van der Waals surface area contributed by atoms with E-state index >= 15 is 0 Å². The van der Waals surface area contributed by atoms with Crippen LogP contribution in [-0.4, -0.2) is 36.8 Å². The van der Waals surface area contributed by atoms with Gasteiger partial charge in [0.1, 0.15) is 0 Å². The molecule has 1 aromatic heterocycles. The molecule has 0 spiro atoms. The first kappa shape index (κ1) is 14.2. The Kier molecular flexibility index (Phi) is 5.14. The molecule has 1 aromatic rings. The highest BCUT2D eigenvalue weighted by atomic mass is 32.2. The van der Waals surface area contributed by atoms with E-state index in [-0.39, 0.29) is 11.5 Å². The Bertz CT molecular complexity index is 451. The minimum Gasteiger partial charge on any atom is -0.316 e. The fraction of sp³-hybridized carbons (Fsp3) is 0.727. The SMILES string of the molecule is CCc1c(CNC)cnn1CCS(=O)(=O)CC. The van der Waals surface area contributed by atoms with Crippen molar-refractivity contribution in [2.24, 2.45) is 0 Å². The van der Waals surface area contributed by atoms with Crippen molar-refractivity contribution in [1.82, 2.24) is 15.1 Å². The summed E-state index contributed by atoms with van der Waals surface area (Å²) in [7, 11) is -1.03. The summed E-state index contributed by atoms with van der Waals surface area (Å²) >= 11 is 0. The quantitative estimate of drug-likeness (QED) is 0.779. The lowest BCUT2D eigenvalue weighted by atomic mass is 10.2. The molecule has 17 heavy (non-hydrogen) atoms. The van der Waals surface area contributed by atoms with E-state index in [0.717, 1.165) is 24.2 Å². The van der Waals surface area contributed by atoms with Gasteiger partial charge in [0, 0.05) is 23.6 Å². The van der Waals surface area contributed by atoms with Crippen molar-refractivity contribution in [1.29, 1.82) is 0 Å². The second-order valence-electron chi connectivity index (χ2n) is 3.96. The Morgan fingerprint density at radius 1 is 1.41 bits per heavy atom. The summed E-state index contributed by atoms with van der Waals surface area (Å²) in [5, 5.41) is 7.34. The van der Waals surface area contributed by atoms with E-state index in [4.69, 9.17) is 0 Å². The Hall–Kier alpha value is -0.880. The lowest BCUT2D eigenvalue weighted by Crippen LogP contribution is -2.17. The average Bonchev–Trinajstić information content (AvgIpc) is 2.69. The Labute approximate surface area is 103 Å². The van der Waals surface area contributed by atoms with Gasteiger partial charge in [0.05, 0.1) is 18.5 Å². The van der Waals surface area contributed by atoms with Crippen molar-refractivity contribution in [3.05, 3.63) is 17.5 Å². The molecule has 98 valence electrons. The van der Waals surface area contributed by atoms with Crippen molar-refractivity contribution < 1.29 is 8.42 Å². The van der Waals surface area contributed by atoms with Gasteiger partial charge in [0.2, 0.25) is 0 Å². The molecule has 1 N–H and O–H groups in total. The van der Waals surface area contributed by atoms with Gasteiger partial charge in [-0.1, -0.05) is 13.8 Å². The van der Waals surface area contributed by atoms with E-state index in [1.54, 1.807) is 11.6 Å². The summed E-state index contributed by atoms with van der Waals surface area (Å²) in [6, 6.07) is 0. The lowest BCUT2D eigenvalue weighted by Gasteiger charge is -2.07. The number of aryl methyl sites for hydroxylation is 1. The highest BCUT2D eigenvalue weighted by Crippen LogP contribution is 2.09. The summed E-state index contributed by atoms with van der Waals surface area (Å²) in [6.45, 7) is 4.94. The second kappa shape index (κ2) is 6.16. The molecule has 1 rings (SSSR count). The van der Waals surface area contributed by atoms with E-state index in [0.29, 0.717) is 6.54 Å². The lowest BCUT2D eigenvalue weighted by molar-refractivity contribution is 0.574. The number of hydrogen-bond donors (Lipinski definition) is 1. The van der Waals surface area contributed by atoms with Gasteiger partial charge >= 0.3 is 0 Å². The Balaban J connectivity index is 2.78. The molecular formula is C11H21N3O2S. The van der Waals surface area contributed by atoms with Crippen LogP contribution in [0.2, 0.25) is 0 Å². The molecule has 0 aliphatic heterocycles. The fourth-order valence-electron chi connectivity index (χ4n) is 1.76. The van der Waals surface area contributed by atoms with Crippen molar-refractivity contribution in [2.75, 3.05) is 18.6 Å². The van der Waals surface area contributed by atoms with Gasteiger partial charge in [-0.05, 0) is 13.5 Å². The minimum atomic E-state index is -2.92. The van der Waals surface area contributed by atoms with Gasteiger partial charge in [0.25, 0.3) is 0 Å². The average molecular weight is 259 g/mol. The van der Waals surface area contributed by atoms with Crippen LogP contribution in [0.3, 0.4) is 0 Å². The first-order valence-corrected chi connectivity index (χ1v) is 7.74. The molecule has 0 atom stereocenters. The maximum absolute atomic E-state index is 11.5. The predicted octanol–water partition coefficient (Wildman–Crippen LogP) is 0.600. The molecule has 0 saturated heterocycles. The fourth-order valence-corrected chi connectivity index (χ4v) is 2.50. The first-order valence-electron chi connectivity index (χ1n) is 5.92. The summed E-state index contributed by atoms with van der Waals surface area (Å²) in [4.78, 5) is 0.